The van der Waals surface area contributed by atoms with Crippen LogP contribution in [-0.2, 0) is 22.6 Å². The molecule has 30 heavy (non-hydrogen) atoms. The summed E-state index contributed by atoms with van der Waals surface area (Å²) in [6, 6.07) is 7.35. The Hall–Kier alpha value is -1.15. The maximum absolute atomic E-state index is 13.8. The first-order valence-electron chi connectivity index (χ1n) is 11.4. The molecule has 0 aromatic heterocycles. The van der Waals surface area contributed by atoms with Crippen LogP contribution in [0.1, 0.15) is 57.6 Å². The fourth-order valence-electron chi connectivity index (χ4n) is 5.71. The highest BCUT2D eigenvalue weighted by Crippen LogP contribution is 2.46. The molecular weight excluding hydrogens is 489 g/mol. The fourth-order valence-corrected chi connectivity index (χ4v) is 6.27. The van der Waals surface area contributed by atoms with Crippen molar-refractivity contribution >= 4 is 34.4 Å². The highest BCUT2D eigenvalue weighted by Gasteiger charge is 2.49. The number of benzene rings is 1. The number of fused-ring (bicyclic) bond motifs is 1. The van der Waals surface area contributed by atoms with Crippen molar-refractivity contribution in [2.45, 2.75) is 71.5 Å². The molecule has 6 heteroatoms. The average molecular weight is 523 g/mol. The van der Waals surface area contributed by atoms with Gasteiger partial charge in [0.2, 0.25) is 11.8 Å². The summed E-state index contributed by atoms with van der Waals surface area (Å²) in [7, 11) is 0. The van der Waals surface area contributed by atoms with Gasteiger partial charge in [-0.2, -0.15) is 0 Å². The predicted octanol–water partition coefficient (Wildman–Crippen LogP) is 3.58. The maximum Gasteiger partial charge on any atom is 0.229 e. The molecular formula is C24H34IN3O2. The third-order valence-corrected chi connectivity index (χ3v) is 8.32. The van der Waals surface area contributed by atoms with Crippen molar-refractivity contribution in [2.24, 2.45) is 11.3 Å². The Balaban J connectivity index is 1.43. The van der Waals surface area contributed by atoms with E-state index in [2.05, 4.69) is 64.9 Å². The minimum absolute atomic E-state index is 0.164. The van der Waals surface area contributed by atoms with E-state index in [0.717, 1.165) is 58.3 Å². The first-order valence-corrected chi connectivity index (χ1v) is 12.4. The number of hydrogen-bond acceptors (Lipinski definition) is 3. The molecule has 1 aromatic rings. The van der Waals surface area contributed by atoms with E-state index in [4.69, 9.17) is 0 Å². The number of nitrogens with zero attached hydrogens (tertiary/aromatic N) is 2. The second-order valence-corrected chi connectivity index (χ2v) is 11.0. The summed E-state index contributed by atoms with van der Waals surface area (Å²) in [6.07, 6.45) is 4.88. The quantitative estimate of drug-likeness (QED) is 0.615. The molecule has 0 radical (unpaired) electrons. The number of carbonyl (C=O) groups excluding carboxylic acids is 2. The van der Waals surface area contributed by atoms with Crippen LogP contribution in [0.2, 0.25) is 0 Å². The number of rotatable bonds is 4. The van der Waals surface area contributed by atoms with Crippen molar-refractivity contribution in [2.75, 3.05) is 19.6 Å². The lowest BCUT2D eigenvalue weighted by molar-refractivity contribution is -0.145. The summed E-state index contributed by atoms with van der Waals surface area (Å²) in [5.41, 5.74) is 2.43. The van der Waals surface area contributed by atoms with Crippen LogP contribution in [0.25, 0.3) is 0 Å². The van der Waals surface area contributed by atoms with Gasteiger partial charge >= 0.3 is 0 Å². The molecule has 2 amide bonds. The van der Waals surface area contributed by atoms with Gasteiger partial charge in [0.05, 0.1) is 5.41 Å². The number of hydrogen-bond donors (Lipinski definition) is 1. The second-order valence-electron chi connectivity index (χ2n) is 9.76. The number of carbonyl (C=O) groups is 2. The Morgan fingerprint density at radius 3 is 2.63 bits per heavy atom. The van der Waals surface area contributed by atoms with Gasteiger partial charge in [0, 0.05) is 48.8 Å². The minimum atomic E-state index is -0.268. The van der Waals surface area contributed by atoms with Gasteiger partial charge in [0.1, 0.15) is 0 Å². The van der Waals surface area contributed by atoms with Crippen LogP contribution < -0.4 is 5.32 Å². The third kappa shape index (κ3) is 4.27. The van der Waals surface area contributed by atoms with Gasteiger partial charge in [-0.25, -0.2) is 0 Å². The first kappa shape index (κ1) is 22.1. The van der Waals surface area contributed by atoms with E-state index >= 15 is 0 Å². The molecule has 5 nitrogen and oxygen atoms in total. The summed E-state index contributed by atoms with van der Waals surface area (Å²) < 4.78 is 1.24. The Kier molecular flexibility index (Phi) is 6.45. The van der Waals surface area contributed by atoms with Gasteiger partial charge in [0.15, 0.2) is 0 Å². The molecule has 1 N–H and O–H groups in total. The lowest BCUT2D eigenvalue weighted by Gasteiger charge is -2.40. The van der Waals surface area contributed by atoms with Crippen molar-refractivity contribution in [1.29, 1.82) is 0 Å². The molecule has 1 saturated heterocycles. The zero-order valence-electron chi connectivity index (χ0n) is 18.4. The number of nitrogens with one attached hydrogen (secondary N) is 1. The van der Waals surface area contributed by atoms with Gasteiger partial charge in [-0.15, -0.1) is 0 Å². The third-order valence-electron chi connectivity index (χ3n) is 7.65. The van der Waals surface area contributed by atoms with Crippen LogP contribution in [0.15, 0.2) is 18.2 Å². The van der Waals surface area contributed by atoms with Gasteiger partial charge in [-0.1, -0.05) is 19.9 Å². The highest BCUT2D eigenvalue weighted by atomic mass is 127. The average Bonchev–Trinajstić information content (AvgIpc) is 3.35. The molecule has 1 aliphatic carbocycles. The normalized spacial score (nSPS) is 28.8. The van der Waals surface area contributed by atoms with E-state index in [9.17, 15) is 9.59 Å². The van der Waals surface area contributed by atoms with Crippen molar-refractivity contribution in [1.82, 2.24) is 15.1 Å². The van der Waals surface area contributed by atoms with Crippen LogP contribution in [0.5, 0.6) is 0 Å². The molecule has 0 bridgehead atoms. The largest absolute Gasteiger partial charge is 0.341 e. The summed E-state index contributed by atoms with van der Waals surface area (Å²) in [5.74, 6) is 0.840. The highest BCUT2D eigenvalue weighted by molar-refractivity contribution is 14.1. The lowest BCUT2D eigenvalue weighted by atomic mass is 9.74. The second kappa shape index (κ2) is 8.77. The zero-order valence-corrected chi connectivity index (χ0v) is 20.6. The molecule has 3 aliphatic rings. The Morgan fingerprint density at radius 2 is 1.93 bits per heavy atom. The standard InChI is InChI=1S/C24H34IN3O2/c1-16(2)24(9-6-21(13-24)26-22-8-11-27(15-22)17(3)29)23(30)28-10-7-18-4-5-20(25)12-19(18)14-28/h4-5,12,16,21-22,26H,6-11,13-15H2,1-3H3/t21-,22?,24+/m1/s1. The summed E-state index contributed by atoms with van der Waals surface area (Å²) in [4.78, 5) is 29.5. The molecule has 0 spiro atoms. The van der Waals surface area contributed by atoms with Crippen LogP contribution in [-0.4, -0.2) is 53.3 Å². The monoisotopic (exact) mass is 523 g/mol. The molecule has 2 aliphatic heterocycles. The van der Waals surface area contributed by atoms with E-state index in [1.807, 2.05) is 4.90 Å². The molecule has 1 aromatic carbocycles. The molecule has 2 fully saturated rings. The zero-order chi connectivity index (χ0) is 21.5. The summed E-state index contributed by atoms with van der Waals surface area (Å²) >= 11 is 2.36. The molecule has 164 valence electrons. The van der Waals surface area contributed by atoms with Crippen molar-refractivity contribution < 1.29 is 9.59 Å². The Bertz CT molecular complexity index is 827. The number of amides is 2. The van der Waals surface area contributed by atoms with Crippen LogP contribution in [0.3, 0.4) is 0 Å². The smallest absolute Gasteiger partial charge is 0.229 e. The predicted molar refractivity (Wildman–Crippen MR) is 127 cm³/mol. The Labute approximate surface area is 194 Å². The van der Waals surface area contributed by atoms with E-state index in [-0.39, 0.29) is 11.3 Å². The van der Waals surface area contributed by atoms with Gasteiger partial charge < -0.3 is 15.1 Å². The number of halogens is 1. The molecule has 2 heterocycles. The van der Waals surface area contributed by atoms with Gasteiger partial charge in [-0.05, 0) is 83.9 Å². The SMILES string of the molecule is CC(=O)N1CCC(N[C@@H]2CC[C@@](C(=O)N3CCc4ccc(I)cc4C3)(C(C)C)C2)C1. The van der Waals surface area contributed by atoms with Crippen LogP contribution >= 0.6 is 22.6 Å². The maximum atomic E-state index is 13.8. The fraction of sp³-hybridized carbons (Fsp3) is 0.667. The summed E-state index contributed by atoms with van der Waals surface area (Å²) in [5, 5.41) is 3.79. The van der Waals surface area contributed by atoms with Crippen molar-refractivity contribution in [3.05, 3.63) is 32.9 Å². The molecule has 3 atom stereocenters. The van der Waals surface area contributed by atoms with Gasteiger partial charge in [0.25, 0.3) is 0 Å². The molecule has 4 rings (SSSR count). The van der Waals surface area contributed by atoms with E-state index in [1.54, 1.807) is 6.92 Å². The van der Waals surface area contributed by atoms with Crippen LogP contribution in [0, 0.1) is 14.9 Å². The van der Waals surface area contributed by atoms with Crippen LogP contribution in [0.4, 0.5) is 0 Å². The van der Waals surface area contributed by atoms with E-state index in [1.165, 1.54) is 14.7 Å². The Morgan fingerprint density at radius 1 is 1.13 bits per heavy atom. The molecule has 1 unspecified atom stereocenters. The van der Waals surface area contributed by atoms with Crippen molar-refractivity contribution in [3.63, 3.8) is 0 Å². The van der Waals surface area contributed by atoms with Gasteiger partial charge in [-0.3, -0.25) is 9.59 Å². The van der Waals surface area contributed by atoms with E-state index in [0.29, 0.717) is 23.9 Å². The number of likely N-dealkylation sites (tertiary alicyclic amines) is 1. The summed E-state index contributed by atoms with van der Waals surface area (Å²) in [6.45, 7) is 9.31. The molecule has 1 saturated carbocycles. The minimum Gasteiger partial charge on any atom is -0.341 e. The topological polar surface area (TPSA) is 52.7 Å². The first-order chi connectivity index (χ1) is 14.3. The lowest BCUT2D eigenvalue weighted by Crippen LogP contribution is -2.48. The van der Waals surface area contributed by atoms with E-state index < -0.39 is 0 Å². The van der Waals surface area contributed by atoms with Crippen molar-refractivity contribution in [3.8, 4) is 0 Å².